The van der Waals surface area contributed by atoms with Crippen LogP contribution in [0.4, 0.5) is 0 Å². The van der Waals surface area contributed by atoms with E-state index in [-0.39, 0.29) is 5.69 Å². The lowest BCUT2D eigenvalue weighted by Gasteiger charge is -2.11. The van der Waals surface area contributed by atoms with Gasteiger partial charge in [0.15, 0.2) is 0 Å². The smallest absolute Gasteiger partial charge is 0.315 e. The topological polar surface area (TPSA) is 39.0 Å². The average molecular weight is 237 g/mol. The van der Waals surface area contributed by atoms with Crippen molar-refractivity contribution < 1.29 is 0 Å². The van der Waals surface area contributed by atoms with Gasteiger partial charge in [0.25, 0.3) is 0 Å². The number of aromatic nitrogens is 2. The van der Waals surface area contributed by atoms with Gasteiger partial charge in [-0.1, -0.05) is 6.92 Å². The first-order valence-electron chi connectivity index (χ1n) is 6.73. The second kappa shape index (κ2) is 5.54. The standard InChI is InChI=1S/C13H23N3O/c1-3-14-11(2)5-4-8-15-9-10-16(13(15)17)12-6-7-12/h9-12,14H,3-8H2,1-2H3. The summed E-state index contributed by atoms with van der Waals surface area (Å²) in [7, 11) is 0. The molecule has 1 aromatic rings. The summed E-state index contributed by atoms with van der Waals surface area (Å²) >= 11 is 0. The van der Waals surface area contributed by atoms with Gasteiger partial charge in [0.2, 0.25) is 0 Å². The largest absolute Gasteiger partial charge is 0.328 e. The molecule has 0 spiro atoms. The maximum Gasteiger partial charge on any atom is 0.328 e. The average Bonchev–Trinajstić information content (AvgIpc) is 3.06. The highest BCUT2D eigenvalue weighted by Gasteiger charge is 2.25. The van der Waals surface area contributed by atoms with Crippen molar-refractivity contribution in [3.8, 4) is 0 Å². The minimum absolute atomic E-state index is 0.170. The van der Waals surface area contributed by atoms with Crippen molar-refractivity contribution in [2.45, 2.75) is 58.2 Å². The Morgan fingerprint density at radius 2 is 2.24 bits per heavy atom. The van der Waals surface area contributed by atoms with E-state index >= 15 is 0 Å². The molecule has 1 saturated carbocycles. The molecule has 4 nitrogen and oxygen atoms in total. The van der Waals surface area contributed by atoms with Crippen molar-refractivity contribution in [2.75, 3.05) is 6.54 Å². The summed E-state index contributed by atoms with van der Waals surface area (Å²) in [6.07, 6.45) is 8.38. The zero-order chi connectivity index (χ0) is 12.3. The van der Waals surface area contributed by atoms with Crippen molar-refractivity contribution in [1.82, 2.24) is 14.5 Å². The first-order valence-corrected chi connectivity index (χ1v) is 6.73. The fraction of sp³-hybridized carbons (Fsp3) is 0.769. The van der Waals surface area contributed by atoms with Crippen LogP contribution in [-0.2, 0) is 6.54 Å². The van der Waals surface area contributed by atoms with E-state index in [4.69, 9.17) is 0 Å². The van der Waals surface area contributed by atoms with Gasteiger partial charge in [-0.25, -0.2) is 4.79 Å². The van der Waals surface area contributed by atoms with Gasteiger partial charge in [0.1, 0.15) is 0 Å². The molecule has 1 aliphatic carbocycles. The van der Waals surface area contributed by atoms with E-state index in [9.17, 15) is 4.79 Å². The molecule has 17 heavy (non-hydrogen) atoms. The van der Waals surface area contributed by atoms with Gasteiger partial charge < -0.3 is 5.32 Å². The fourth-order valence-electron chi connectivity index (χ4n) is 2.25. The number of hydrogen-bond acceptors (Lipinski definition) is 2. The van der Waals surface area contributed by atoms with Crippen LogP contribution in [0.15, 0.2) is 17.2 Å². The zero-order valence-corrected chi connectivity index (χ0v) is 10.9. The van der Waals surface area contributed by atoms with E-state index in [1.165, 1.54) is 12.8 Å². The maximum absolute atomic E-state index is 12.0. The Kier molecular flexibility index (Phi) is 4.05. The van der Waals surface area contributed by atoms with Crippen molar-refractivity contribution in [1.29, 1.82) is 0 Å². The molecular weight excluding hydrogens is 214 g/mol. The number of hydrogen-bond donors (Lipinski definition) is 1. The second-order valence-corrected chi connectivity index (χ2v) is 5.01. The second-order valence-electron chi connectivity index (χ2n) is 5.01. The van der Waals surface area contributed by atoms with Crippen LogP contribution in [0, 0.1) is 0 Å². The predicted octanol–water partition coefficient (Wildman–Crippen LogP) is 1.76. The number of nitrogens with one attached hydrogen (secondary N) is 1. The number of rotatable bonds is 7. The molecule has 1 unspecified atom stereocenters. The van der Waals surface area contributed by atoms with Gasteiger partial charge in [-0.2, -0.15) is 0 Å². The monoisotopic (exact) mass is 237 g/mol. The molecular formula is C13H23N3O. The van der Waals surface area contributed by atoms with E-state index in [0.29, 0.717) is 12.1 Å². The Bertz CT molecular complexity index is 403. The third-order valence-electron chi connectivity index (χ3n) is 3.40. The normalized spacial score (nSPS) is 17.3. The van der Waals surface area contributed by atoms with Crippen LogP contribution in [0.1, 0.15) is 45.6 Å². The molecule has 0 radical (unpaired) electrons. The molecule has 4 heteroatoms. The van der Waals surface area contributed by atoms with Crippen molar-refractivity contribution in [3.63, 3.8) is 0 Å². The van der Waals surface area contributed by atoms with E-state index in [1.807, 2.05) is 21.5 Å². The van der Waals surface area contributed by atoms with Gasteiger partial charge >= 0.3 is 5.69 Å². The van der Waals surface area contributed by atoms with Crippen LogP contribution in [-0.4, -0.2) is 21.7 Å². The highest BCUT2D eigenvalue weighted by atomic mass is 16.1. The number of imidazole rings is 1. The van der Waals surface area contributed by atoms with Gasteiger partial charge in [-0.3, -0.25) is 9.13 Å². The van der Waals surface area contributed by atoms with E-state index in [0.717, 1.165) is 25.9 Å². The van der Waals surface area contributed by atoms with Crippen molar-refractivity contribution >= 4 is 0 Å². The third kappa shape index (κ3) is 3.22. The van der Waals surface area contributed by atoms with Crippen LogP contribution in [0.25, 0.3) is 0 Å². The van der Waals surface area contributed by atoms with Crippen LogP contribution in [0.2, 0.25) is 0 Å². The van der Waals surface area contributed by atoms with Crippen LogP contribution < -0.4 is 11.0 Å². The van der Waals surface area contributed by atoms with Gasteiger partial charge in [-0.15, -0.1) is 0 Å². The number of nitrogens with zero attached hydrogens (tertiary/aromatic N) is 2. The Hall–Kier alpha value is -1.03. The van der Waals surface area contributed by atoms with Crippen LogP contribution in [0.3, 0.4) is 0 Å². The van der Waals surface area contributed by atoms with E-state index in [1.54, 1.807) is 0 Å². The minimum Gasteiger partial charge on any atom is -0.315 e. The molecule has 2 rings (SSSR count). The summed E-state index contributed by atoms with van der Waals surface area (Å²) in [6.45, 7) is 6.17. The zero-order valence-electron chi connectivity index (χ0n) is 10.9. The Labute approximate surface area is 103 Å². The lowest BCUT2D eigenvalue weighted by Crippen LogP contribution is -2.27. The van der Waals surface area contributed by atoms with E-state index in [2.05, 4.69) is 19.2 Å². The third-order valence-corrected chi connectivity index (χ3v) is 3.40. The Morgan fingerprint density at radius 1 is 1.47 bits per heavy atom. The molecule has 1 heterocycles. The molecule has 96 valence electrons. The first kappa shape index (κ1) is 12.4. The summed E-state index contributed by atoms with van der Waals surface area (Å²) in [5.74, 6) is 0. The predicted molar refractivity (Wildman–Crippen MR) is 69.3 cm³/mol. The lowest BCUT2D eigenvalue weighted by atomic mass is 10.2. The van der Waals surface area contributed by atoms with Gasteiger partial charge in [-0.05, 0) is 39.2 Å². The maximum atomic E-state index is 12.0. The van der Waals surface area contributed by atoms with E-state index < -0.39 is 0 Å². The molecule has 0 aromatic carbocycles. The summed E-state index contributed by atoms with van der Waals surface area (Å²) < 4.78 is 3.73. The van der Waals surface area contributed by atoms with Crippen molar-refractivity contribution in [3.05, 3.63) is 22.9 Å². The minimum atomic E-state index is 0.170. The molecule has 1 fully saturated rings. The van der Waals surface area contributed by atoms with Crippen molar-refractivity contribution in [2.24, 2.45) is 0 Å². The van der Waals surface area contributed by atoms with Crippen LogP contribution >= 0.6 is 0 Å². The van der Waals surface area contributed by atoms with Crippen LogP contribution in [0.5, 0.6) is 0 Å². The molecule has 1 atom stereocenters. The summed E-state index contributed by atoms with van der Waals surface area (Å²) in [5.41, 5.74) is 0.170. The molecule has 1 aromatic heterocycles. The molecule has 0 aliphatic heterocycles. The molecule has 0 saturated heterocycles. The number of aryl methyl sites for hydroxylation is 1. The fourth-order valence-corrected chi connectivity index (χ4v) is 2.25. The van der Waals surface area contributed by atoms with Gasteiger partial charge in [0.05, 0.1) is 0 Å². The molecule has 0 bridgehead atoms. The quantitative estimate of drug-likeness (QED) is 0.785. The summed E-state index contributed by atoms with van der Waals surface area (Å²) in [4.78, 5) is 12.0. The Morgan fingerprint density at radius 3 is 2.88 bits per heavy atom. The first-order chi connectivity index (χ1) is 8.22. The molecule has 1 aliphatic rings. The molecule has 0 amide bonds. The highest BCUT2D eigenvalue weighted by Crippen LogP contribution is 2.33. The highest BCUT2D eigenvalue weighted by molar-refractivity contribution is 4.91. The SMILES string of the molecule is CCNC(C)CCCn1ccn(C2CC2)c1=O. The summed E-state index contributed by atoms with van der Waals surface area (Å²) in [5, 5.41) is 3.39. The Balaban J connectivity index is 1.81. The molecule has 1 N–H and O–H groups in total. The summed E-state index contributed by atoms with van der Waals surface area (Å²) in [6, 6.07) is 1.03. The lowest BCUT2D eigenvalue weighted by molar-refractivity contribution is 0.479. The van der Waals surface area contributed by atoms with Gasteiger partial charge in [0, 0.05) is 31.0 Å².